The summed E-state index contributed by atoms with van der Waals surface area (Å²) >= 11 is 0. The van der Waals surface area contributed by atoms with Gasteiger partial charge >= 0.3 is 0 Å². The average molecular weight is 385 g/mol. The monoisotopic (exact) mass is 385 g/mol. The van der Waals surface area contributed by atoms with Crippen LogP contribution in [0.15, 0.2) is 0 Å². The van der Waals surface area contributed by atoms with Crippen molar-refractivity contribution in [2.45, 2.75) is 51.6 Å². The molecule has 0 saturated carbocycles. The van der Waals surface area contributed by atoms with Gasteiger partial charge in [0.2, 0.25) is 0 Å². The van der Waals surface area contributed by atoms with Gasteiger partial charge in [-0.1, -0.05) is 13.8 Å². The molecule has 25 heavy (non-hydrogen) atoms. The second-order valence-electron chi connectivity index (χ2n) is 6.30. The minimum absolute atomic E-state index is 0.0492. The van der Waals surface area contributed by atoms with Gasteiger partial charge in [-0.2, -0.15) is 0 Å². The standard InChI is InChI=1S/C15H31O9P/c1-11(2)10-13-15(14(17)12(3)23-13)24-25(18,19)22-9-8-21-7-6-20-5-4-16/h11-17H,4-10H2,1-3H3,(H,18,19)/p-1/t12-,13+,14-,15+/m0/s1. The summed E-state index contributed by atoms with van der Waals surface area (Å²) in [5.41, 5.74) is 0. The fourth-order valence-electron chi connectivity index (χ4n) is 2.48. The van der Waals surface area contributed by atoms with Crippen LogP contribution in [0.4, 0.5) is 0 Å². The van der Waals surface area contributed by atoms with Crippen molar-refractivity contribution in [3.8, 4) is 0 Å². The van der Waals surface area contributed by atoms with E-state index in [0.717, 1.165) is 0 Å². The van der Waals surface area contributed by atoms with Crippen LogP contribution in [0.1, 0.15) is 27.2 Å². The van der Waals surface area contributed by atoms with Crippen LogP contribution in [0.25, 0.3) is 0 Å². The molecule has 9 nitrogen and oxygen atoms in total. The number of aliphatic hydroxyl groups is 2. The number of phosphoric ester groups is 1. The summed E-state index contributed by atoms with van der Waals surface area (Å²) in [7, 11) is -4.59. The highest BCUT2D eigenvalue weighted by atomic mass is 31.2. The van der Waals surface area contributed by atoms with Crippen molar-refractivity contribution in [2.75, 3.05) is 39.6 Å². The van der Waals surface area contributed by atoms with Crippen LogP contribution in [-0.2, 0) is 27.8 Å². The third-order valence-electron chi connectivity index (χ3n) is 3.61. The van der Waals surface area contributed by atoms with Crippen molar-refractivity contribution < 1.29 is 42.9 Å². The highest BCUT2D eigenvalue weighted by Crippen LogP contribution is 2.44. The predicted octanol–water partition coefficient (Wildman–Crippen LogP) is 0.0764. The Labute approximate surface area is 148 Å². The summed E-state index contributed by atoms with van der Waals surface area (Å²) in [6.07, 6.45) is -2.45. The molecule has 1 aliphatic heterocycles. The summed E-state index contributed by atoms with van der Waals surface area (Å²) in [6.45, 7) is 6.20. The minimum atomic E-state index is -4.59. The Kier molecular flexibility index (Phi) is 10.6. The van der Waals surface area contributed by atoms with Crippen LogP contribution in [0, 0.1) is 5.92 Å². The Morgan fingerprint density at radius 1 is 1.16 bits per heavy atom. The number of aliphatic hydroxyl groups excluding tert-OH is 2. The Bertz CT molecular complexity index is 404. The van der Waals surface area contributed by atoms with Crippen LogP contribution in [0.5, 0.6) is 0 Å². The van der Waals surface area contributed by atoms with E-state index < -0.39 is 32.2 Å². The summed E-state index contributed by atoms with van der Waals surface area (Å²) < 4.78 is 37.5. The molecule has 150 valence electrons. The van der Waals surface area contributed by atoms with Crippen LogP contribution in [-0.4, -0.2) is 74.3 Å². The van der Waals surface area contributed by atoms with E-state index in [2.05, 4.69) is 0 Å². The van der Waals surface area contributed by atoms with Gasteiger partial charge < -0.3 is 38.4 Å². The molecule has 1 saturated heterocycles. The molecule has 0 radical (unpaired) electrons. The van der Waals surface area contributed by atoms with Crippen LogP contribution in [0.2, 0.25) is 0 Å². The molecule has 0 aromatic heterocycles. The summed E-state index contributed by atoms with van der Waals surface area (Å²) in [5, 5.41) is 18.6. The molecule has 10 heteroatoms. The molecule has 0 aromatic carbocycles. The Morgan fingerprint density at radius 2 is 1.76 bits per heavy atom. The number of phosphoric acid groups is 1. The van der Waals surface area contributed by atoms with Gasteiger partial charge in [-0.05, 0) is 19.3 Å². The van der Waals surface area contributed by atoms with E-state index in [-0.39, 0.29) is 39.0 Å². The van der Waals surface area contributed by atoms with E-state index in [1.54, 1.807) is 6.92 Å². The van der Waals surface area contributed by atoms with E-state index in [1.807, 2.05) is 13.8 Å². The molecule has 0 aliphatic carbocycles. The van der Waals surface area contributed by atoms with Gasteiger partial charge in [0.25, 0.3) is 7.82 Å². The zero-order valence-corrected chi connectivity index (χ0v) is 15.9. The first kappa shape index (κ1) is 23.0. The third-order valence-corrected chi connectivity index (χ3v) is 4.61. The topological polar surface area (TPSA) is 127 Å². The summed E-state index contributed by atoms with van der Waals surface area (Å²) in [4.78, 5) is 12.0. The molecular formula is C15H30O9P-. The first-order chi connectivity index (χ1) is 11.8. The van der Waals surface area contributed by atoms with E-state index in [0.29, 0.717) is 13.0 Å². The number of hydrogen-bond donors (Lipinski definition) is 2. The maximum absolute atomic E-state index is 12.0. The summed E-state index contributed by atoms with van der Waals surface area (Å²) in [6, 6.07) is 0. The van der Waals surface area contributed by atoms with Gasteiger partial charge in [0.05, 0.1) is 51.8 Å². The lowest BCUT2D eigenvalue weighted by atomic mass is 10.00. The van der Waals surface area contributed by atoms with Crippen molar-refractivity contribution in [2.24, 2.45) is 5.92 Å². The molecular weight excluding hydrogens is 355 g/mol. The fraction of sp³-hybridized carbons (Fsp3) is 1.00. The van der Waals surface area contributed by atoms with Crippen LogP contribution in [0.3, 0.4) is 0 Å². The van der Waals surface area contributed by atoms with Crippen LogP contribution >= 0.6 is 7.82 Å². The summed E-state index contributed by atoms with van der Waals surface area (Å²) in [5.74, 6) is 0.266. The molecule has 0 spiro atoms. The zero-order valence-electron chi connectivity index (χ0n) is 15.0. The maximum Gasteiger partial charge on any atom is 0.268 e. The minimum Gasteiger partial charge on any atom is -0.756 e. The Balaban J connectivity index is 2.33. The SMILES string of the molecule is CC(C)C[C@H]1O[C@@H](C)[C@H](O)[C@@H]1OP(=O)([O-])OCCOCCOCCO. The highest BCUT2D eigenvalue weighted by molar-refractivity contribution is 7.45. The smallest absolute Gasteiger partial charge is 0.268 e. The van der Waals surface area contributed by atoms with E-state index in [4.69, 9.17) is 28.4 Å². The molecule has 0 bridgehead atoms. The largest absolute Gasteiger partial charge is 0.756 e. The lowest BCUT2D eigenvalue weighted by Crippen LogP contribution is -2.36. The number of rotatable bonds is 13. The van der Waals surface area contributed by atoms with Crippen molar-refractivity contribution in [3.63, 3.8) is 0 Å². The molecule has 5 atom stereocenters. The van der Waals surface area contributed by atoms with Crippen molar-refractivity contribution in [3.05, 3.63) is 0 Å². The number of hydrogen-bond acceptors (Lipinski definition) is 9. The lowest BCUT2D eigenvalue weighted by molar-refractivity contribution is -0.234. The van der Waals surface area contributed by atoms with E-state index in [1.165, 1.54) is 0 Å². The van der Waals surface area contributed by atoms with Gasteiger partial charge in [0, 0.05) is 0 Å². The fourth-order valence-corrected chi connectivity index (χ4v) is 3.40. The zero-order chi connectivity index (χ0) is 18.9. The lowest BCUT2D eigenvalue weighted by Gasteiger charge is -2.30. The molecule has 1 rings (SSSR count). The molecule has 0 amide bonds. The van der Waals surface area contributed by atoms with Crippen molar-refractivity contribution in [1.29, 1.82) is 0 Å². The first-order valence-corrected chi connectivity index (χ1v) is 9.96. The normalized spacial score (nSPS) is 29.2. The molecule has 1 unspecified atom stereocenters. The maximum atomic E-state index is 12.0. The average Bonchev–Trinajstić information content (AvgIpc) is 2.76. The quantitative estimate of drug-likeness (QED) is 0.335. The molecule has 1 aliphatic rings. The molecule has 1 heterocycles. The van der Waals surface area contributed by atoms with Crippen molar-refractivity contribution in [1.82, 2.24) is 0 Å². The molecule has 0 aromatic rings. The van der Waals surface area contributed by atoms with E-state index in [9.17, 15) is 14.6 Å². The second-order valence-corrected chi connectivity index (χ2v) is 7.66. The Hall–Kier alpha value is -0.0900. The Morgan fingerprint density at radius 3 is 2.36 bits per heavy atom. The first-order valence-electron chi connectivity index (χ1n) is 8.50. The molecule has 1 fully saturated rings. The van der Waals surface area contributed by atoms with Crippen LogP contribution < -0.4 is 4.89 Å². The van der Waals surface area contributed by atoms with Gasteiger partial charge in [-0.3, -0.25) is 4.57 Å². The highest BCUT2D eigenvalue weighted by Gasteiger charge is 2.44. The third kappa shape index (κ3) is 8.90. The van der Waals surface area contributed by atoms with Gasteiger partial charge in [-0.25, -0.2) is 0 Å². The predicted molar refractivity (Wildman–Crippen MR) is 87.0 cm³/mol. The second kappa shape index (κ2) is 11.6. The molecule has 2 N–H and O–H groups in total. The number of ether oxygens (including phenoxy) is 3. The van der Waals surface area contributed by atoms with Crippen molar-refractivity contribution >= 4 is 7.82 Å². The van der Waals surface area contributed by atoms with Gasteiger partial charge in [0.15, 0.2) is 0 Å². The van der Waals surface area contributed by atoms with E-state index >= 15 is 0 Å². The van der Waals surface area contributed by atoms with Gasteiger partial charge in [-0.15, -0.1) is 0 Å². The van der Waals surface area contributed by atoms with Gasteiger partial charge in [0.1, 0.15) is 12.2 Å².